The third-order valence-electron chi connectivity index (χ3n) is 6.24. The lowest BCUT2D eigenvalue weighted by atomic mass is 9.74. The van der Waals surface area contributed by atoms with Gasteiger partial charge in [0.1, 0.15) is 0 Å². The predicted octanol–water partition coefficient (Wildman–Crippen LogP) is 5.15. The lowest BCUT2D eigenvalue weighted by molar-refractivity contribution is -0.150. The van der Waals surface area contributed by atoms with Gasteiger partial charge in [-0.05, 0) is 62.6 Å². The summed E-state index contributed by atoms with van der Waals surface area (Å²) < 4.78 is 5.50. The summed E-state index contributed by atoms with van der Waals surface area (Å²) in [4.78, 5) is 17.9. The molecule has 1 atom stereocenters. The minimum Gasteiger partial charge on any atom is -0.465 e. The van der Waals surface area contributed by atoms with Crippen LogP contribution in [0.5, 0.6) is 0 Å². The van der Waals surface area contributed by atoms with E-state index in [4.69, 9.17) is 16.3 Å². The van der Waals surface area contributed by atoms with Crippen LogP contribution in [0.4, 0.5) is 5.69 Å². The van der Waals surface area contributed by atoms with Crippen LogP contribution in [0.15, 0.2) is 54.6 Å². The molecule has 1 aliphatic heterocycles. The van der Waals surface area contributed by atoms with E-state index in [2.05, 4.69) is 41.0 Å². The zero-order valence-electron chi connectivity index (χ0n) is 18.1. The zero-order chi connectivity index (χ0) is 21.4. The Balaban J connectivity index is 1.56. The van der Waals surface area contributed by atoms with Crippen LogP contribution in [-0.2, 0) is 14.9 Å². The maximum Gasteiger partial charge on any atom is 0.316 e. The Bertz CT molecular complexity index is 789. The van der Waals surface area contributed by atoms with Crippen LogP contribution in [0.2, 0.25) is 5.02 Å². The molecule has 1 aliphatic rings. The molecule has 4 nitrogen and oxygen atoms in total. The number of ether oxygens (including phenoxy) is 1. The maximum atomic E-state index is 13.0. The molecule has 0 amide bonds. The molecule has 5 heteroatoms. The number of nitrogens with zero attached hydrogens (tertiary/aromatic N) is 2. The molecule has 1 heterocycles. The van der Waals surface area contributed by atoms with Gasteiger partial charge < -0.3 is 9.64 Å². The van der Waals surface area contributed by atoms with E-state index in [1.807, 2.05) is 37.3 Å². The second-order valence-corrected chi connectivity index (χ2v) is 8.37. The summed E-state index contributed by atoms with van der Waals surface area (Å²) in [7, 11) is 0. The molecule has 0 saturated carbocycles. The Morgan fingerprint density at radius 3 is 2.27 bits per heavy atom. The molecule has 162 valence electrons. The summed E-state index contributed by atoms with van der Waals surface area (Å²) in [6.45, 7) is 9.48. The van der Waals surface area contributed by atoms with E-state index in [1.54, 1.807) is 0 Å². The summed E-state index contributed by atoms with van der Waals surface area (Å²) in [5.41, 5.74) is 1.75. The molecule has 0 N–H and O–H groups in total. The lowest BCUT2D eigenvalue weighted by Gasteiger charge is -2.37. The molecule has 1 unspecified atom stereocenters. The van der Waals surface area contributed by atoms with Crippen LogP contribution >= 0.6 is 11.6 Å². The van der Waals surface area contributed by atoms with Crippen molar-refractivity contribution in [3.8, 4) is 0 Å². The van der Waals surface area contributed by atoms with Gasteiger partial charge in [0.25, 0.3) is 0 Å². The standard InChI is InChI=1S/C25H33ClN2O2/c1-3-25(24(29)30-4-2,21-9-6-5-7-10-21)15-8-16-27-17-19-28(20-18-27)23-13-11-22(26)12-14-23/h5-7,9-14H,3-4,8,15-20H2,1-2H3. The van der Waals surface area contributed by atoms with Crippen molar-refractivity contribution in [2.24, 2.45) is 0 Å². The van der Waals surface area contributed by atoms with Crippen molar-refractivity contribution in [3.63, 3.8) is 0 Å². The van der Waals surface area contributed by atoms with Gasteiger partial charge in [-0.15, -0.1) is 0 Å². The Hall–Kier alpha value is -2.04. The number of hydrogen-bond donors (Lipinski definition) is 0. The van der Waals surface area contributed by atoms with Gasteiger partial charge in [-0.2, -0.15) is 0 Å². The Labute approximate surface area is 185 Å². The van der Waals surface area contributed by atoms with Gasteiger partial charge in [0, 0.05) is 36.9 Å². The van der Waals surface area contributed by atoms with Gasteiger partial charge in [-0.3, -0.25) is 9.69 Å². The molecule has 0 bridgehead atoms. The first-order valence-electron chi connectivity index (χ1n) is 11.0. The second kappa shape index (κ2) is 10.8. The number of carbonyl (C=O) groups excluding carboxylic acids is 1. The van der Waals surface area contributed by atoms with Crippen LogP contribution in [0.3, 0.4) is 0 Å². The third kappa shape index (κ3) is 5.35. The smallest absolute Gasteiger partial charge is 0.316 e. The van der Waals surface area contributed by atoms with E-state index >= 15 is 0 Å². The third-order valence-corrected chi connectivity index (χ3v) is 6.49. The van der Waals surface area contributed by atoms with Gasteiger partial charge in [0.05, 0.1) is 12.0 Å². The van der Waals surface area contributed by atoms with Crippen molar-refractivity contribution in [2.45, 2.75) is 38.5 Å². The number of anilines is 1. The largest absolute Gasteiger partial charge is 0.465 e. The number of rotatable bonds is 9. The summed E-state index contributed by atoms with van der Waals surface area (Å²) in [6, 6.07) is 18.2. The number of halogens is 1. The molecule has 0 aliphatic carbocycles. The molecule has 30 heavy (non-hydrogen) atoms. The van der Waals surface area contributed by atoms with Crippen molar-refractivity contribution in [3.05, 3.63) is 65.2 Å². The molecule has 2 aromatic carbocycles. The molecule has 1 fully saturated rings. The average Bonchev–Trinajstić information content (AvgIpc) is 2.79. The molecular formula is C25H33ClN2O2. The Morgan fingerprint density at radius 2 is 1.67 bits per heavy atom. The van der Waals surface area contributed by atoms with Gasteiger partial charge >= 0.3 is 5.97 Å². The minimum atomic E-state index is -0.553. The van der Waals surface area contributed by atoms with E-state index in [-0.39, 0.29) is 5.97 Å². The maximum absolute atomic E-state index is 13.0. The van der Waals surface area contributed by atoms with Crippen molar-refractivity contribution >= 4 is 23.3 Å². The highest BCUT2D eigenvalue weighted by Gasteiger charge is 2.39. The van der Waals surface area contributed by atoms with Crippen LogP contribution in [-0.4, -0.2) is 50.2 Å². The molecule has 3 rings (SSSR count). The SMILES string of the molecule is CCOC(=O)C(CC)(CCCN1CCN(c2ccc(Cl)cc2)CC1)c1ccccc1. The zero-order valence-corrected chi connectivity index (χ0v) is 18.9. The van der Waals surface area contributed by atoms with E-state index in [0.29, 0.717) is 6.61 Å². The van der Waals surface area contributed by atoms with Crippen LogP contribution in [0.25, 0.3) is 0 Å². The second-order valence-electron chi connectivity index (χ2n) is 7.93. The lowest BCUT2D eigenvalue weighted by Crippen LogP contribution is -2.47. The predicted molar refractivity (Wildman–Crippen MR) is 124 cm³/mol. The number of hydrogen-bond acceptors (Lipinski definition) is 4. The number of piperazine rings is 1. The fourth-order valence-electron chi connectivity index (χ4n) is 4.40. The first kappa shape index (κ1) is 22.6. The molecule has 0 radical (unpaired) electrons. The van der Waals surface area contributed by atoms with Crippen LogP contribution in [0, 0.1) is 0 Å². The number of esters is 1. The van der Waals surface area contributed by atoms with Crippen molar-refractivity contribution < 1.29 is 9.53 Å². The van der Waals surface area contributed by atoms with Crippen molar-refractivity contribution in [2.75, 3.05) is 44.2 Å². The molecule has 0 spiro atoms. The van der Waals surface area contributed by atoms with Gasteiger partial charge in [-0.1, -0.05) is 48.9 Å². The number of carbonyl (C=O) groups is 1. The van der Waals surface area contributed by atoms with Crippen LogP contribution < -0.4 is 4.90 Å². The van der Waals surface area contributed by atoms with E-state index < -0.39 is 5.41 Å². The highest BCUT2D eigenvalue weighted by molar-refractivity contribution is 6.30. The van der Waals surface area contributed by atoms with Gasteiger partial charge in [0.15, 0.2) is 0 Å². The van der Waals surface area contributed by atoms with Crippen molar-refractivity contribution in [1.82, 2.24) is 4.90 Å². The average molecular weight is 429 g/mol. The van der Waals surface area contributed by atoms with E-state index in [9.17, 15) is 4.79 Å². The highest BCUT2D eigenvalue weighted by atomic mass is 35.5. The summed E-state index contributed by atoms with van der Waals surface area (Å²) in [5, 5.41) is 0.775. The summed E-state index contributed by atoms with van der Waals surface area (Å²) in [6.07, 6.45) is 2.53. The summed E-state index contributed by atoms with van der Waals surface area (Å²) in [5.74, 6) is -0.0914. The quantitative estimate of drug-likeness (QED) is 0.517. The highest BCUT2D eigenvalue weighted by Crippen LogP contribution is 2.35. The van der Waals surface area contributed by atoms with Gasteiger partial charge in [0.2, 0.25) is 0 Å². The Kier molecular flexibility index (Phi) is 8.17. The fourth-order valence-corrected chi connectivity index (χ4v) is 4.53. The minimum absolute atomic E-state index is 0.0914. The first-order valence-corrected chi connectivity index (χ1v) is 11.4. The van der Waals surface area contributed by atoms with E-state index in [1.165, 1.54) is 5.69 Å². The molecular weight excluding hydrogens is 396 g/mol. The number of benzene rings is 2. The van der Waals surface area contributed by atoms with Gasteiger partial charge in [-0.25, -0.2) is 0 Å². The Morgan fingerprint density at radius 1 is 1.00 bits per heavy atom. The van der Waals surface area contributed by atoms with Crippen molar-refractivity contribution in [1.29, 1.82) is 0 Å². The monoisotopic (exact) mass is 428 g/mol. The molecule has 2 aromatic rings. The van der Waals surface area contributed by atoms with E-state index in [0.717, 1.165) is 62.6 Å². The summed E-state index contributed by atoms with van der Waals surface area (Å²) >= 11 is 6.01. The van der Waals surface area contributed by atoms with Crippen LogP contribution in [0.1, 0.15) is 38.7 Å². The first-order chi connectivity index (χ1) is 14.6. The normalized spacial score (nSPS) is 16.8. The molecule has 0 aromatic heterocycles. The molecule has 1 saturated heterocycles. The fraction of sp³-hybridized carbons (Fsp3) is 0.480. The topological polar surface area (TPSA) is 32.8 Å².